The number of halogens is 1. The second kappa shape index (κ2) is 8.38. The molecule has 3 aromatic rings. The first-order valence-corrected chi connectivity index (χ1v) is 10.3. The number of para-hydroxylation sites is 2. The lowest BCUT2D eigenvalue weighted by Gasteiger charge is -2.25. The number of ether oxygens (including phenoxy) is 3. The van der Waals surface area contributed by atoms with Crippen molar-refractivity contribution in [3.8, 4) is 22.6 Å². The van der Waals surface area contributed by atoms with Crippen LogP contribution in [0.15, 0.2) is 48.5 Å². The monoisotopic (exact) mass is 443 g/mol. The number of thiophene rings is 1. The SMILES string of the molecule is COC(=O)c1c(NC(=O)C2COc3ccccc3O2)sc(C)c1-c1cccc(Cl)c1. The predicted molar refractivity (Wildman–Crippen MR) is 116 cm³/mol. The van der Waals surface area contributed by atoms with Crippen LogP contribution in [0.5, 0.6) is 11.5 Å². The highest BCUT2D eigenvalue weighted by atomic mass is 35.5. The van der Waals surface area contributed by atoms with Gasteiger partial charge in [0, 0.05) is 15.5 Å². The molecule has 30 heavy (non-hydrogen) atoms. The smallest absolute Gasteiger partial charge is 0.341 e. The van der Waals surface area contributed by atoms with Crippen LogP contribution in [-0.2, 0) is 9.53 Å². The highest BCUT2D eigenvalue weighted by molar-refractivity contribution is 7.17. The van der Waals surface area contributed by atoms with Crippen LogP contribution in [0.2, 0.25) is 5.02 Å². The maximum Gasteiger partial charge on any atom is 0.341 e. The van der Waals surface area contributed by atoms with Gasteiger partial charge in [-0.2, -0.15) is 0 Å². The fourth-order valence-corrected chi connectivity index (χ4v) is 4.52. The van der Waals surface area contributed by atoms with E-state index in [0.717, 1.165) is 10.4 Å². The van der Waals surface area contributed by atoms with Crippen LogP contribution in [0.25, 0.3) is 11.1 Å². The number of hydrogen-bond donors (Lipinski definition) is 1. The number of esters is 1. The van der Waals surface area contributed by atoms with Gasteiger partial charge < -0.3 is 19.5 Å². The van der Waals surface area contributed by atoms with Crippen molar-refractivity contribution in [2.75, 3.05) is 19.0 Å². The lowest BCUT2D eigenvalue weighted by atomic mass is 10.0. The Bertz CT molecular complexity index is 1130. The number of aryl methyl sites for hydroxylation is 1. The van der Waals surface area contributed by atoms with Crippen LogP contribution < -0.4 is 14.8 Å². The van der Waals surface area contributed by atoms with Gasteiger partial charge in [0.2, 0.25) is 6.10 Å². The van der Waals surface area contributed by atoms with Crippen LogP contribution >= 0.6 is 22.9 Å². The quantitative estimate of drug-likeness (QED) is 0.578. The van der Waals surface area contributed by atoms with Crippen LogP contribution in [0, 0.1) is 6.92 Å². The van der Waals surface area contributed by atoms with Gasteiger partial charge in [0.25, 0.3) is 5.91 Å². The Hall–Kier alpha value is -3.03. The van der Waals surface area contributed by atoms with Gasteiger partial charge in [0.15, 0.2) is 11.5 Å². The molecule has 1 amide bonds. The summed E-state index contributed by atoms with van der Waals surface area (Å²) in [5.74, 6) is 0.135. The van der Waals surface area contributed by atoms with Gasteiger partial charge in [-0.1, -0.05) is 35.9 Å². The maximum absolute atomic E-state index is 12.9. The molecule has 0 spiro atoms. The van der Waals surface area contributed by atoms with Crippen molar-refractivity contribution in [3.63, 3.8) is 0 Å². The number of benzene rings is 2. The molecule has 1 N–H and O–H groups in total. The third-order valence-corrected chi connectivity index (χ3v) is 5.88. The summed E-state index contributed by atoms with van der Waals surface area (Å²) >= 11 is 7.42. The summed E-state index contributed by atoms with van der Waals surface area (Å²) < 4.78 is 16.4. The van der Waals surface area contributed by atoms with Crippen molar-refractivity contribution in [2.45, 2.75) is 13.0 Å². The number of methoxy groups -OCH3 is 1. The van der Waals surface area contributed by atoms with E-state index in [2.05, 4.69) is 5.32 Å². The molecule has 0 saturated heterocycles. The van der Waals surface area contributed by atoms with Crippen molar-refractivity contribution in [1.82, 2.24) is 0 Å². The Morgan fingerprint density at radius 1 is 1.17 bits per heavy atom. The van der Waals surface area contributed by atoms with Crippen molar-refractivity contribution in [3.05, 3.63) is 64.0 Å². The Kier molecular flexibility index (Phi) is 5.65. The maximum atomic E-state index is 12.9. The summed E-state index contributed by atoms with van der Waals surface area (Å²) in [4.78, 5) is 26.3. The van der Waals surface area contributed by atoms with E-state index >= 15 is 0 Å². The van der Waals surface area contributed by atoms with Gasteiger partial charge in [-0.05, 0) is 36.8 Å². The van der Waals surface area contributed by atoms with E-state index in [9.17, 15) is 9.59 Å². The Morgan fingerprint density at radius 3 is 2.67 bits per heavy atom. The standard InChI is InChI=1S/C22H18ClNO5S/c1-12-18(13-6-5-7-14(23)10-13)19(22(26)27-2)21(30-12)24-20(25)17-11-28-15-8-3-4-9-16(15)29-17/h3-10,17H,11H2,1-2H3,(H,24,25). The number of anilines is 1. The molecule has 2 aromatic carbocycles. The summed E-state index contributed by atoms with van der Waals surface area (Å²) in [6.07, 6.45) is -0.845. The Balaban J connectivity index is 1.65. The van der Waals surface area contributed by atoms with Crippen LogP contribution in [0.4, 0.5) is 5.00 Å². The van der Waals surface area contributed by atoms with E-state index in [1.54, 1.807) is 36.4 Å². The van der Waals surface area contributed by atoms with E-state index in [-0.39, 0.29) is 12.2 Å². The molecule has 1 aliphatic rings. The molecule has 0 aliphatic carbocycles. The summed E-state index contributed by atoms with van der Waals surface area (Å²) in [5, 5.41) is 3.75. The average Bonchev–Trinajstić information content (AvgIpc) is 3.08. The molecule has 2 heterocycles. The molecule has 8 heteroatoms. The number of nitrogens with one attached hydrogen (secondary N) is 1. The molecule has 0 fully saturated rings. The molecule has 0 bridgehead atoms. The normalized spacial score (nSPS) is 14.8. The van der Waals surface area contributed by atoms with Crippen molar-refractivity contribution >= 4 is 39.8 Å². The van der Waals surface area contributed by atoms with E-state index in [1.807, 2.05) is 19.1 Å². The fraction of sp³-hybridized carbons (Fsp3) is 0.182. The molecule has 4 rings (SSSR count). The summed E-state index contributed by atoms with van der Waals surface area (Å²) in [6.45, 7) is 1.95. The number of fused-ring (bicyclic) bond motifs is 1. The minimum Gasteiger partial charge on any atom is -0.485 e. The van der Waals surface area contributed by atoms with Gasteiger partial charge in [-0.15, -0.1) is 11.3 Å². The Morgan fingerprint density at radius 2 is 1.93 bits per heavy atom. The van der Waals surface area contributed by atoms with Gasteiger partial charge >= 0.3 is 5.97 Å². The van der Waals surface area contributed by atoms with Gasteiger partial charge in [-0.3, -0.25) is 4.79 Å². The van der Waals surface area contributed by atoms with Crippen LogP contribution in [0.1, 0.15) is 15.2 Å². The number of rotatable bonds is 4. The van der Waals surface area contributed by atoms with E-state index < -0.39 is 18.0 Å². The van der Waals surface area contributed by atoms with Gasteiger partial charge in [0.1, 0.15) is 17.2 Å². The zero-order valence-electron chi connectivity index (χ0n) is 16.2. The van der Waals surface area contributed by atoms with E-state index in [0.29, 0.717) is 27.1 Å². The lowest BCUT2D eigenvalue weighted by Crippen LogP contribution is -2.40. The average molecular weight is 444 g/mol. The molecule has 154 valence electrons. The van der Waals surface area contributed by atoms with E-state index in [4.69, 9.17) is 25.8 Å². The molecular weight excluding hydrogens is 426 g/mol. The predicted octanol–water partition coefficient (Wildman–Crippen LogP) is 4.94. The topological polar surface area (TPSA) is 73.9 Å². The minimum absolute atomic E-state index is 0.0713. The minimum atomic E-state index is -0.845. The number of hydrogen-bond acceptors (Lipinski definition) is 6. The third kappa shape index (κ3) is 3.86. The zero-order valence-corrected chi connectivity index (χ0v) is 17.8. The summed E-state index contributed by atoms with van der Waals surface area (Å²) in [6, 6.07) is 14.3. The van der Waals surface area contributed by atoms with E-state index in [1.165, 1.54) is 18.4 Å². The van der Waals surface area contributed by atoms with Crippen LogP contribution in [0.3, 0.4) is 0 Å². The molecule has 1 aliphatic heterocycles. The van der Waals surface area contributed by atoms with Gasteiger partial charge in [0.05, 0.1) is 7.11 Å². The fourth-order valence-electron chi connectivity index (χ4n) is 3.26. The first-order chi connectivity index (χ1) is 14.5. The van der Waals surface area contributed by atoms with Crippen molar-refractivity contribution in [1.29, 1.82) is 0 Å². The third-order valence-electron chi connectivity index (χ3n) is 4.62. The highest BCUT2D eigenvalue weighted by Gasteiger charge is 2.31. The number of carbonyl (C=O) groups excluding carboxylic acids is 2. The zero-order chi connectivity index (χ0) is 21.3. The highest BCUT2D eigenvalue weighted by Crippen LogP contribution is 2.41. The summed E-state index contributed by atoms with van der Waals surface area (Å²) in [7, 11) is 1.30. The van der Waals surface area contributed by atoms with Gasteiger partial charge in [-0.25, -0.2) is 4.79 Å². The number of carbonyl (C=O) groups is 2. The largest absolute Gasteiger partial charge is 0.485 e. The molecule has 1 atom stereocenters. The first kappa shape index (κ1) is 20.3. The van der Waals surface area contributed by atoms with Crippen molar-refractivity contribution in [2.24, 2.45) is 0 Å². The second-order valence-electron chi connectivity index (χ2n) is 6.59. The van der Waals surface area contributed by atoms with Crippen molar-refractivity contribution < 1.29 is 23.8 Å². The number of amides is 1. The second-order valence-corrected chi connectivity index (χ2v) is 8.25. The molecule has 1 aromatic heterocycles. The molecule has 0 radical (unpaired) electrons. The summed E-state index contributed by atoms with van der Waals surface area (Å²) in [5.41, 5.74) is 1.73. The van der Waals surface area contributed by atoms with Crippen LogP contribution in [-0.4, -0.2) is 31.7 Å². The lowest BCUT2D eigenvalue weighted by molar-refractivity contribution is -0.125. The molecule has 0 saturated carbocycles. The molecule has 6 nitrogen and oxygen atoms in total. The molecule has 1 unspecified atom stereocenters. The Labute approximate surface area is 182 Å². The molecular formula is C22H18ClNO5S. The first-order valence-electron chi connectivity index (χ1n) is 9.15.